The van der Waals surface area contributed by atoms with E-state index in [9.17, 15) is 0 Å². The van der Waals surface area contributed by atoms with Gasteiger partial charge in [0, 0.05) is 32.4 Å². The lowest BCUT2D eigenvalue weighted by atomic mass is 9.87. The van der Waals surface area contributed by atoms with Crippen molar-refractivity contribution in [3.8, 4) is 0 Å². The Morgan fingerprint density at radius 3 is 2.58 bits per heavy atom. The van der Waals surface area contributed by atoms with Crippen LogP contribution in [-0.2, 0) is 4.74 Å². The van der Waals surface area contributed by atoms with Gasteiger partial charge in [-0.2, -0.15) is 0 Å². The molecule has 0 bridgehead atoms. The van der Waals surface area contributed by atoms with Gasteiger partial charge in [0.25, 0.3) is 0 Å². The van der Waals surface area contributed by atoms with Crippen LogP contribution in [0.2, 0.25) is 0 Å². The lowest BCUT2D eigenvalue weighted by Crippen LogP contribution is -2.42. The quantitative estimate of drug-likeness (QED) is 0.545. The molecule has 1 saturated heterocycles. The fourth-order valence-electron chi connectivity index (χ4n) is 2.14. The van der Waals surface area contributed by atoms with E-state index < -0.39 is 0 Å². The molecule has 2 nitrogen and oxygen atoms in total. The Bertz CT molecular complexity index is 202. The molecule has 0 aromatic heterocycles. The molecule has 0 unspecified atom stereocenters. The fraction of sp³-hybridized carbons (Fsp3) is 0.800. The van der Waals surface area contributed by atoms with E-state index in [1.165, 1.54) is 31.5 Å². The number of likely N-dealkylation sites (tertiary alicyclic amines) is 1. The lowest BCUT2D eigenvalue weighted by molar-refractivity contribution is -0.00998. The first kappa shape index (κ1) is 8.11. The van der Waals surface area contributed by atoms with Gasteiger partial charge in [-0.25, -0.2) is 0 Å². The maximum absolute atomic E-state index is 5.75. The largest absolute Gasteiger partial charge is 0.495 e. The molecule has 0 aromatic rings. The van der Waals surface area contributed by atoms with Crippen molar-refractivity contribution in [2.45, 2.75) is 31.8 Å². The van der Waals surface area contributed by atoms with E-state index in [0.717, 1.165) is 6.42 Å². The first-order chi connectivity index (χ1) is 5.70. The number of hydrogen-bond acceptors (Lipinski definition) is 2. The second-order valence-electron chi connectivity index (χ2n) is 4.25. The first-order valence-corrected chi connectivity index (χ1v) is 4.72. The highest BCUT2D eigenvalue weighted by molar-refractivity contribution is 5.09. The Balaban J connectivity index is 1.97. The number of piperidine rings is 1. The SMILES string of the molecule is CC1=COC2(CCN(C)CC2)C1. The molecule has 0 atom stereocenters. The molecule has 0 saturated carbocycles. The summed E-state index contributed by atoms with van der Waals surface area (Å²) in [7, 11) is 2.18. The highest BCUT2D eigenvalue weighted by Gasteiger charge is 2.37. The van der Waals surface area contributed by atoms with Crippen molar-refractivity contribution < 1.29 is 4.74 Å². The van der Waals surface area contributed by atoms with Crippen LogP contribution in [0.4, 0.5) is 0 Å². The van der Waals surface area contributed by atoms with Gasteiger partial charge >= 0.3 is 0 Å². The maximum atomic E-state index is 5.75. The Hall–Kier alpha value is -0.500. The molecule has 12 heavy (non-hydrogen) atoms. The third-order valence-electron chi connectivity index (χ3n) is 3.01. The first-order valence-electron chi connectivity index (χ1n) is 4.72. The lowest BCUT2D eigenvalue weighted by Gasteiger charge is -2.37. The van der Waals surface area contributed by atoms with Crippen LogP contribution in [0.1, 0.15) is 26.2 Å². The van der Waals surface area contributed by atoms with Gasteiger partial charge in [-0.15, -0.1) is 0 Å². The van der Waals surface area contributed by atoms with Crippen molar-refractivity contribution in [1.82, 2.24) is 4.90 Å². The molecule has 2 rings (SSSR count). The minimum Gasteiger partial charge on any atom is -0.495 e. The van der Waals surface area contributed by atoms with Gasteiger partial charge < -0.3 is 9.64 Å². The molecular formula is C10H17NO. The average molecular weight is 167 g/mol. The van der Waals surface area contributed by atoms with Gasteiger partial charge in [0.05, 0.1) is 6.26 Å². The summed E-state index contributed by atoms with van der Waals surface area (Å²) in [4.78, 5) is 2.38. The summed E-state index contributed by atoms with van der Waals surface area (Å²) in [5.41, 5.74) is 1.59. The van der Waals surface area contributed by atoms with E-state index >= 15 is 0 Å². The highest BCUT2D eigenvalue weighted by atomic mass is 16.5. The Kier molecular flexibility index (Phi) is 1.87. The second-order valence-corrected chi connectivity index (χ2v) is 4.25. The Morgan fingerprint density at radius 1 is 1.42 bits per heavy atom. The third-order valence-corrected chi connectivity index (χ3v) is 3.01. The van der Waals surface area contributed by atoms with Crippen LogP contribution in [0.5, 0.6) is 0 Å². The van der Waals surface area contributed by atoms with Gasteiger partial charge in [-0.3, -0.25) is 0 Å². The van der Waals surface area contributed by atoms with E-state index in [0.29, 0.717) is 0 Å². The number of rotatable bonds is 0. The van der Waals surface area contributed by atoms with E-state index in [4.69, 9.17) is 4.74 Å². The molecule has 2 heteroatoms. The topological polar surface area (TPSA) is 12.5 Å². The fourth-order valence-corrected chi connectivity index (χ4v) is 2.14. The maximum Gasteiger partial charge on any atom is 0.114 e. The molecule has 0 aliphatic carbocycles. The van der Waals surface area contributed by atoms with E-state index in [1.807, 2.05) is 6.26 Å². The average Bonchev–Trinajstić information content (AvgIpc) is 2.40. The molecule has 68 valence electrons. The van der Waals surface area contributed by atoms with Crippen molar-refractivity contribution in [3.63, 3.8) is 0 Å². The molecule has 1 fully saturated rings. The zero-order chi connectivity index (χ0) is 8.60. The number of hydrogen-bond donors (Lipinski definition) is 0. The van der Waals surface area contributed by atoms with E-state index in [-0.39, 0.29) is 5.60 Å². The van der Waals surface area contributed by atoms with Crippen LogP contribution in [0.3, 0.4) is 0 Å². The van der Waals surface area contributed by atoms with Gasteiger partial charge in [0.1, 0.15) is 5.60 Å². The predicted molar refractivity (Wildman–Crippen MR) is 48.9 cm³/mol. The molecule has 0 radical (unpaired) electrons. The molecule has 2 heterocycles. The molecular weight excluding hydrogens is 150 g/mol. The van der Waals surface area contributed by atoms with Crippen LogP contribution < -0.4 is 0 Å². The van der Waals surface area contributed by atoms with Crippen LogP contribution in [-0.4, -0.2) is 30.6 Å². The van der Waals surface area contributed by atoms with Crippen molar-refractivity contribution in [3.05, 3.63) is 11.8 Å². The minimum absolute atomic E-state index is 0.191. The zero-order valence-electron chi connectivity index (χ0n) is 7.97. The standard InChI is InChI=1S/C10H17NO/c1-9-7-10(12-8-9)3-5-11(2)6-4-10/h8H,3-7H2,1-2H3. The monoisotopic (exact) mass is 167 g/mol. The summed E-state index contributed by atoms with van der Waals surface area (Å²) in [5, 5.41) is 0. The third kappa shape index (κ3) is 1.36. The van der Waals surface area contributed by atoms with E-state index in [2.05, 4.69) is 18.9 Å². The number of ether oxygens (including phenoxy) is 1. The van der Waals surface area contributed by atoms with Crippen LogP contribution in [0.25, 0.3) is 0 Å². The molecule has 2 aliphatic heterocycles. The minimum atomic E-state index is 0.191. The molecule has 0 aromatic carbocycles. The van der Waals surface area contributed by atoms with E-state index in [1.54, 1.807) is 0 Å². The second kappa shape index (κ2) is 2.77. The Morgan fingerprint density at radius 2 is 2.08 bits per heavy atom. The smallest absolute Gasteiger partial charge is 0.114 e. The molecule has 0 amide bonds. The highest BCUT2D eigenvalue weighted by Crippen LogP contribution is 2.36. The van der Waals surface area contributed by atoms with Gasteiger partial charge in [-0.05, 0) is 19.5 Å². The van der Waals surface area contributed by atoms with Crippen molar-refractivity contribution in [2.75, 3.05) is 20.1 Å². The van der Waals surface area contributed by atoms with Crippen LogP contribution >= 0.6 is 0 Å². The van der Waals surface area contributed by atoms with Crippen molar-refractivity contribution >= 4 is 0 Å². The number of nitrogens with zero attached hydrogens (tertiary/aromatic N) is 1. The summed E-state index contributed by atoms with van der Waals surface area (Å²) in [6.45, 7) is 4.52. The molecule has 0 N–H and O–H groups in total. The summed E-state index contributed by atoms with van der Waals surface area (Å²) in [5.74, 6) is 0. The van der Waals surface area contributed by atoms with Crippen LogP contribution in [0, 0.1) is 0 Å². The van der Waals surface area contributed by atoms with Crippen LogP contribution in [0.15, 0.2) is 11.8 Å². The van der Waals surface area contributed by atoms with Crippen molar-refractivity contribution in [1.29, 1.82) is 0 Å². The van der Waals surface area contributed by atoms with Crippen molar-refractivity contribution in [2.24, 2.45) is 0 Å². The predicted octanol–water partition coefficient (Wildman–Crippen LogP) is 1.77. The summed E-state index contributed by atoms with van der Waals surface area (Å²) >= 11 is 0. The Labute approximate surface area is 74.2 Å². The molecule has 2 aliphatic rings. The van der Waals surface area contributed by atoms with Gasteiger partial charge in [0.2, 0.25) is 0 Å². The van der Waals surface area contributed by atoms with Gasteiger partial charge in [0.15, 0.2) is 0 Å². The zero-order valence-corrected chi connectivity index (χ0v) is 7.97. The van der Waals surface area contributed by atoms with Gasteiger partial charge in [-0.1, -0.05) is 0 Å². The normalized spacial score (nSPS) is 28.7. The summed E-state index contributed by atoms with van der Waals surface area (Å²) < 4.78 is 5.75. The summed E-state index contributed by atoms with van der Waals surface area (Å²) in [6.07, 6.45) is 5.49. The molecule has 1 spiro atoms. The summed E-state index contributed by atoms with van der Waals surface area (Å²) in [6, 6.07) is 0.